The third kappa shape index (κ3) is 13.9. The lowest BCUT2D eigenvalue weighted by Gasteiger charge is -2.21. The van der Waals surface area contributed by atoms with Gasteiger partial charge in [0, 0.05) is 13.2 Å². The number of carboxylic acid groups (broad SMARTS) is 2. The van der Waals surface area contributed by atoms with Gasteiger partial charge in [-0.1, -0.05) is 78.1 Å². The molecule has 222 valence electrons. The third-order valence-corrected chi connectivity index (χ3v) is 7.20. The molecule has 0 aliphatic heterocycles. The molecule has 0 atom stereocenters. The van der Waals surface area contributed by atoms with Gasteiger partial charge < -0.3 is 19.7 Å². The summed E-state index contributed by atoms with van der Waals surface area (Å²) < 4.78 is 11.6. The molecule has 0 aromatic heterocycles. The van der Waals surface area contributed by atoms with Crippen LogP contribution in [-0.2, 0) is 9.47 Å². The lowest BCUT2D eigenvalue weighted by atomic mass is 9.97. The molecular formula is C32H48N2O6. The second kappa shape index (κ2) is 21.8. The largest absolute Gasteiger partial charge is 0.478 e. The van der Waals surface area contributed by atoms with Gasteiger partial charge in [0.15, 0.2) is 0 Å². The normalized spacial score (nSPS) is 15.4. The summed E-state index contributed by atoms with van der Waals surface area (Å²) in [4.78, 5) is 21.4. The van der Waals surface area contributed by atoms with E-state index in [9.17, 15) is 9.59 Å². The molecule has 2 saturated carbocycles. The van der Waals surface area contributed by atoms with Gasteiger partial charge in [-0.2, -0.15) is 10.5 Å². The van der Waals surface area contributed by atoms with E-state index >= 15 is 0 Å². The van der Waals surface area contributed by atoms with Crippen molar-refractivity contribution in [2.45, 2.75) is 129 Å². The highest BCUT2D eigenvalue weighted by Gasteiger charge is 2.20. The Kier molecular flexibility index (Phi) is 19.1. The van der Waals surface area contributed by atoms with Crippen LogP contribution in [0.1, 0.15) is 148 Å². The molecule has 3 rings (SSSR count). The number of unbranched alkanes of at least 4 members (excludes halogenated alkanes) is 4. The predicted octanol–water partition coefficient (Wildman–Crippen LogP) is 7.88. The summed E-state index contributed by atoms with van der Waals surface area (Å²) in [6.07, 6.45) is 22.7. The van der Waals surface area contributed by atoms with Gasteiger partial charge in [-0.05, 0) is 50.7 Å². The zero-order valence-electron chi connectivity index (χ0n) is 24.5. The molecular weight excluding hydrogens is 508 g/mol. The van der Waals surface area contributed by atoms with Crippen molar-refractivity contribution in [3.8, 4) is 12.1 Å². The average Bonchev–Trinajstić information content (AvgIpc) is 2.98. The Morgan fingerprint density at radius 2 is 1.10 bits per heavy atom. The Labute approximate surface area is 240 Å². The van der Waals surface area contributed by atoms with Crippen LogP contribution in [0.15, 0.2) is 12.1 Å². The van der Waals surface area contributed by atoms with E-state index in [1.807, 2.05) is 0 Å². The molecule has 0 heterocycles. The Balaban J connectivity index is 0.000000305. The summed E-state index contributed by atoms with van der Waals surface area (Å²) in [7, 11) is 0. The number of nitriles is 2. The monoisotopic (exact) mass is 556 g/mol. The molecule has 8 heteroatoms. The molecule has 0 amide bonds. The molecule has 0 saturated heterocycles. The number of carbonyl (C=O) groups is 2. The van der Waals surface area contributed by atoms with Crippen LogP contribution in [0.2, 0.25) is 0 Å². The van der Waals surface area contributed by atoms with E-state index in [1.165, 1.54) is 115 Å². The lowest BCUT2D eigenvalue weighted by Crippen LogP contribution is -2.17. The fourth-order valence-electron chi connectivity index (χ4n) is 4.83. The first-order chi connectivity index (χ1) is 19.4. The average molecular weight is 557 g/mol. The Hall–Kier alpha value is -2.94. The van der Waals surface area contributed by atoms with Crippen LogP contribution in [-0.4, -0.2) is 47.6 Å². The number of aromatic carboxylic acids is 2. The van der Waals surface area contributed by atoms with Gasteiger partial charge >= 0.3 is 11.9 Å². The molecule has 1 aromatic rings. The first-order valence-electron chi connectivity index (χ1n) is 15.1. The van der Waals surface area contributed by atoms with Gasteiger partial charge in [-0.15, -0.1) is 0 Å². The fraction of sp³-hybridized carbons (Fsp3) is 0.688. The van der Waals surface area contributed by atoms with E-state index in [0.29, 0.717) is 12.2 Å². The molecule has 40 heavy (non-hydrogen) atoms. The topological polar surface area (TPSA) is 141 Å². The number of hydrogen-bond acceptors (Lipinski definition) is 6. The summed E-state index contributed by atoms with van der Waals surface area (Å²) in [6, 6.07) is 5.03. The Morgan fingerprint density at radius 3 is 1.45 bits per heavy atom. The van der Waals surface area contributed by atoms with E-state index < -0.39 is 23.1 Å². The molecule has 2 aliphatic rings. The highest BCUT2D eigenvalue weighted by molar-refractivity contribution is 5.97. The molecule has 0 spiro atoms. The van der Waals surface area contributed by atoms with Crippen molar-refractivity contribution in [3.63, 3.8) is 0 Å². The van der Waals surface area contributed by atoms with Crippen LogP contribution in [0.5, 0.6) is 0 Å². The maximum atomic E-state index is 10.7. The van der Waals surface area contributed by atoms with Crippen LogP contribution in [0.4, 0.5) is 0 Å². The Morgan fingerprint density at radius 1 is 0.700 bits per heavy atom. The smallest absolute Gasteiger partial charge is 0.337 e. The minimum Gasteiger partial charge on any atom is -0.478 e. The van der Waals surface area contributed by atoms with Crippen molar-refractivity contribution in [1.82, 2.24) is 0 Å². The van der Waals surface area contributed by atoms with Gasteiger partial charge in [0.25, 0.3) is 0 Å². The number of nitrogens with zero attached hydrogens (tertiary/aromatic N) is 2. The number of benzene rings is 1. The number of carboxylic acids is 2. The maximum Gasteiger partial charge on any atom is 0.337 e. The molecule has 2 aliphatic carbocycles. The molecule has 0 unspecified atom stereocenters. The SMILES string of the molecule is CCCCCCOC1CCCCC1.CCCCOC1CCCCC1.N#Cc1c(C(=O)O)ccc(C(=O)O)c1C#N. The summed E-state index contributed by atoms with van der Waals surface area (Å²) >= 11 is 0. The van der Waals surface area contributed by atoms with E-state index in [-0.39, 0.29) is 11.1 Å². The van der Waals surface area contributed by atoms with E-state index in [0.717, 1.165) is 25.3 Å². The minimum absolute atomic E-state index is 0.385. The number of ether oxygens (including phenoxy) is 2. The van der Waals surface area contributed by atoms with Crippen molar-refractivity contribution in [2.24, 2.45) is 0 Å². The van der Waals surface area contributed by atoms with E-state index in [4.69, 9.17) is 30.2 Å². The summed E-state index contributed by atoms with van der Waals surface area (Å²) in [5.41, 5.74) is -1.64. The molecule has 0 bridgehead atoms. The maximum absolute atomic E-state index is 10.7. The highest BCUT2D eigenvalue weighted by Crippen LogP contribution is 2.21. The van der Waals surface area contributed by atoms with Gasteiger partial charge in [-0.3, -0.25) is 0 Å². The van der Waals surface area contributed by atoms with Gasteiger partial charge in [-0.25, -0.2) is 9.59 Å². The zero-order valence-corrected chi connectivity index (χ0v) is 24.5. The van der Waals surface area contributed by atoms with Crippen molar-refractivity contribution >= 4 is 11.9 Å². The van der Waals surface area contributed by atoms with Crippen molar-refractivity contribution < 1.29 is 29.3 Å². The van der Waals surface area contributed by atoms with Crippen LogP contribution in [0.25, 0.3) is 0 Å². The van der Waals surface area contributed by atoms with Crippen molar-refractivity contribution in [3.05, 3.63) is 34.4 Å². The van der Waals surface area contributed by atoms with Crippen molar-refractivity contribution in [1.29, 1.82) is 10.5 Å². The molecule has 2 N–H and O–H groups in total. The first kappa shape index (κ1) is 35.1. The van der Waals surface area contributed by atoms with Gasteiger partial charge in [0.2, 0.25) is 0 Å². The first-order valence-corrected chi connectivity index (χ1v) is 15.1. The summed E-state index contributed by atoms with van der Waals surface area (Å²) in [6.45, 7) is 6.46. The van der Waals surface area contributed by atoms with E-state index in [1.54, 1.807) is 0 Å². The predicted molar refractivity (Wildman–Crippen MR) is 154 cm³/mol. The second-order valence-corrected chi connectivity index (χ2v) is 10.4. The number of hydrogen-bond donors (Lipinski definition) is 2. The lowest BCUT2D eigenvalue weighted by molar-refractivity contribution is 0.0263. The molecule has 2 fully saturated rings. The summed E-state index contributed by atoms with van der Waals surface area (Å²) in [5.74, 6) is -2.77. The Bertz CT molecular complexity index is 902. The standard InChI is InChI=1S/C12H24O.C10H4N2O4.C10H20O/c1-2-3-4-8-11-13-12-9-6-5-7-10-12;11-3-7-5(9(13)14)1-2-6(10(15)16)8(7)4-12;1-2-3-9-11-10-7-5-4-6-8-10/h12H,2-11H2,1H3;1-2H,(H,13,14)(H,15,16);10H,2-9H2,1H3. The van der Waals surface area contributed by atoms with Crippen molar-refractivity contribution in [2.75, 3.05) is 13.2 Å². The fourth-order valence-corrected chi connectivity index (χ4v) is 4.83. The van der Waals surface area contributed by atoms with E-state index in [2.05, 4.69) is 13.8 Å². The molecule has 1 aromatic carbocycles. The quantitative estimate of drug-likeness (QED) is 0.248. The number of rotatable bonds is 12. The molecule has 8 nitrogen and oxygen atoms in total. The third-order valence-electron chi connectivity index (χ3n) is 7.20. The molecule has 0 radical (unpaired) electrons. The zero-order chi connectivity index (χ0) is 29.6. The van der Waals surface area contributed by atoms with Gasteiger partial charge in [0.1, 0.15) is 12.1 Å². The van der Waals surface area contributed by atoms with Crippen LogP contribution in [0.3, 0.4) is 0 Å². The minimum atomic E-state index is -1.38. The second-order valence-electron chi connectivity index (χ2n) is 10.4. The van der Waals surface area contributed by atoms with Gasteiger partial charge in [0.05, 0.1) is 34.5 Å². The van der Waals surface area contributed by atoms with Crippen LogP contribution >= 0.6 is 0 Å². The van der Waals surface area contributed by atoms with Crippen LogP contribution < -0.4 is 0 Å². The summed E-state index contributed by atoms with van der Waals surface area (Å²) in [5, 5.41) is 34.9. The van der Waals surface area contributed by atoms with Crippen LogP contribution in [0, 0.1) is 22.7 Å². The highest BCUT2D eigenvalue weighted by atomic mass is 16.5.